The molecule has 130 valence electrons. The maximum absolute atomic E-state index is 13.2. The average Bonchev–Trinajstić information content (AvgIpc) is 3.05. The number of fused-ring (bicyclic) bond motifs is 1. The minimum absolute atomic E-state index is 0.314. The summed E-state index contributed by atoms with van der Waals surface area (Å²) in [6, 6.07) is 14.2. The number of H-pyrrole nitrogens is 1. The van der Waals surface area contributed by atoms with Crippen LogP contribution < -0.4 is 5.69 Å². The van der Waals surface area contributed by atoms with Gasteiger partial charge in [-0.25, -0.2) is 14.2 Å². The Morgan fingerprint density at radius 3 is 2.77 bits per heavy atom. The molecule has 0 amide bonds. The number of rotatable bonds is 4. The highest BCUT2D eigenvalue weighted by molar-refractivity contribution is 7.98. The quantitative estimate of drug-likeness (QED) is 0.558. The Kier molecular flexibility index (Phi) is 4.30. The first-order chi connectivity index (χ1) is 12.6. The number of nitrogens with zero attached hydrogens (tertiary/aromatic N) is 3. The van der Waals surface area contributed by atoms with Gasteiger partial charge in [-0.3, -0.25) is 4.98 Å². The summed E-state index contributed by atoms with van der Waals surface area (Å²) < 4.78 is 14.4. The molecule has 0 spiro atoms. The van der Waals surface area contributed by atoms with E-state index in [9.17, 15) is 9.18 Å². The van der Waals surface area contributed by atoms with Crippen molar-refractivity contribution in [2.75, 3.05) is 0 Å². The molecule has 0 radical (unpaired) electrons. The molecule has 4 rings (SSSR count). The fraction of sp³-hybridized carbons (Fsp3) is 0.105. The van der Waals surface area contributed by atoms with Crippen LogP contribution in [-0.2, 0) is 5.75 Å². The lowest BCUT2D eigenvalue weighted by atomic mass is 10.1. The lowest BCUT2D eigenvalue weighted by Gasteiger charge is -2.04. The third kappa shape index (κ3) is 3.25. The molecule has 0 aliphatic heterocycles. The van der Waals surface area contributed by atoms with Crippen LogP contribution in [-0.4, -0.2) is 19.6 Å². The number of halogens is 1. The van der Waals surface area contributed by atoms with Gasteiger partial charge in [0.25, 0.3) is 0 Å². The molecule has 0 saturated carbocycles. The lowest BCUT2D eigenvalue weighted by Crippen LogP contribution is -2.19. The zero-order chi connectivity index (χ0) is 18.1. The third-order valence-electron chi connectivity index (χ3n) is 3.97. The number of aromatic amines is 1. The van der Waals surface area contributed by atoms with E-state index in [1.54, 1.807) is 18.3 Å². The van der Waals surface area contributed by atoms with Crippen LogP contribution in [0.4, 0.5) is 4.39 Å². The summed E-state index contributed by atoms with van der Waals surface area (Å²) in [5.74, 6) is 0.381. The Labute approximate surface area is 152 Å². The Balaban J connectivity index is 1.69. The van der Waals surface area contributed by atoms with Gasteiger partial charge >= 0.3 is 5.69 Å². The van der Waals surface area contributed by atoms with Gasteiger partial charge in [-0.15, -0.1) is 0 Å². The molecule has 0 fully saturated rings. The lowest BCUT2D eigenvalue weighted by molar-refractivity contribution is 0.628. The van der Waals surface area contributed by atoms with Crippen LogP contribution in [0.15, 0.2) is 64.7 Å². The van der Waals surface area contributed by atoms with E-state index < -0.39 is 0 Å². The van der Waals surface area contributed by atoms with Gasteiger partial charge in [-0.05, 0) is 30.2 Å². The van der Waals surface area contributed by atoms with Gasteiger partial charge in [0.15, 0.2) is 10.8 Å². The van der Waals surface area contributed by atoms with Gasteiger partial charge in [0.2, 0.25) is 0 Å². The van der Waals surface area contributed by atoms with Gasteiger partial charge in [-0.2, -0.15) is 9.61 Å². The summed E-state index contributed by atoms with van der Waals surface area (Å²) in [5.41, 5.74) is 3.89. The molecular formula is C19H15FN4OS. The standard InChI is InChI=1S/C19H15FN4OS/c1-12-3-2-4-13(9-12)11-26-18-22-17-16(10-21-24(17)19(25)23-18)14-5-7-15(20)8-6-14/h2-10H,11H2,1H3,(H,22,23,25). The molecule has 0 aliphatic rings. The van der Waals surface area contributed by atoms with Gasteiger partial charge in [-0.1, -0.05) is 53.7 Å². The van der Waals surface area contributed by atoms with Crippen LogP contribution in [0.1, 0.15) is 11.1 Å². The minimum atomic E-state index is -0.352. The fourth-order valence-electron chi connectivity index (χ4n) is 2.72. The van der Waals surface area contributed by atoms with E-state index in [1.807, 2.05) is 25.1 Å². The first kappa shape index (κ1) is 16.5. The van der Waals surface area contributed by atoms with Gasteiger partial charge in [0, 0.05) is 11.3 Å². The highest BCUT2D eigenvalue weighted by Gasteiger charge is 2.12. The number of nitrogens with one attached hydrogen (secondary N) is 1. The van der Waals surface area contributed by atoms with Crippen molar-refractivity contribution >= 4 is 17.4 Å². The second-order valence-electron chi connectivity index (χ2n) is 5.93. The molecule has 2 heterocycles. The Morgan fingerprint density at radius 1 is 1.19 bits per heavy atom. The molecule has 7 heteroatoms. The Morgan fingerprint density at radius 2 is 2.00 bits per heavy atom. The molecule has 5 nitrogen and oxygen atoms in total. The van der Waals surface area contributed by atoms with E-state index in [-0.39, 0.29) is 11.5 Å². The second-order valence-corrected chi connectivity index (χ2v) is 6.89. The highest BCUT2D eigenvalue weighted by atomic mass is 32.2. The second kappa shape index (κ2) is 6.76. The largest absolute Gasteiger partial charge is 0.350 e. The van der Waals surface area contributed by atoms with Crippen molar-refractivity contribution in [1.29, 1.82) is 0 Å². The van der Waals surface area contributed by atoms with E-state index in [1.165, 1.54) is 34.0 Å². The maximum Gasteiger partial charge on any atom is 0.350 e. The van der Waals surface area contributed by atoms with Gasteiger partial charge < -0.3 is 0 Å². The van der Waals surface area contributed by atoms with Crippen molar-refractivity contribution in [1.82, 2.24) is 19.6 Å². The van der Waals surface area contributed by atoms with E-state index >= 15 is 0 Å². The van der Waals surface area contributed by atoms with E-state index in [0.29, 0.717) is 22.1 Å². The predicted octanol–water partition coefficient (Wildman–Crippen LogP) is 3.82. The molecule has 4 aromatic rings. The molecule has 2 aromatic carbocycles. The number of aryl methyl sites for hydroxylation is 1. The molecule has 2 aromatic heterocycles. The fourth-order valence-corrected chi connectivity index (χ4v) is 3.52. The maximum atomic E-state index is 13.2. The summed E-state index contributed by atoms with van der Waals surface area (Å²) in [6.45, 7) is 2.04. The monoisotopic (exact) mass is 366 g/mol. The molecular weight excluding hydrogens is 351 g/mol. The Hall–Kier alpha value is -2.93. The summed E-state index contributed by atoms with van der Waals surface area (Å²) in [4.78, 5) is 19.6. The SMILES string of the molecule is Cc1cccc(CSc2nc3c(-c4ccc(F)cc4)cnn3c(=O)[nH]2)c1. The number of aromatic nitrogens is 4. The molecule has 1 N–H and O–H groups in total. The summed E-state index contributed by atoms with van der Waals surface area (Å²) in [7, 11) is 0. The highest BCUT2D eigenvalue weighted by Crippen LogP contribution is 2.25. The van der Waals surface area contributed by atoms with Crippen LogP contribution in [0, 0.1) is 12.7 Å². The predicted molar refractivity (Wildman–Crippen MR) is 99.7 cm³/mol. The molecule has 0 bridgehead atoms. The first-order valence-electron chi connectivity index (χ1n) is 8.02. The van der Waals surface area contributed by atoms with Crippen LogP contribution in [0.3, 0.4) is 0 Å². The van der Waals surface area contributed by atoms with Crippen LogP contribution in [0.5, 0.6) is 0 Å². The molecule has 0 aliphatic carbocycles. The smallest absolute Gasteiger partial charge is 0.285 e. The van der Waals surface area contributed by atoms with Crippen molar-refractivity contribution < 1.29 is 4.39 Å². The topological polar surface area (TPSA) is 63.1 Å². The molecule has 26 heavy (non-hydrogen) atoms. The molecule has 0 unspecified atom stereocenters. The van der Waals surface area contributed by atoms with Crippen LogP contribution >= 0.6 is 11.8 Å². The van der Waals surface area contributed by atoms with E-state index in [2.05, 4.69) is 21.1 Å². The first-order valence-corrected chi connectivity index (χ1v) is 9.01. The Bertz CT molecular complexity index is 1130. The average molecular weight is 366 g/mol. The number of hydrogen-bond donors (Lipinski definition) is 1. The van der Waals surface area contributed by atoms with Gasteiger partial charge in [0.1, 0.15) is 5.82 Å². The van der Waals surface area contributed by atoms with E-state index in [4.69, 9.17) is 0 Å². The van der Waals surface area contributed by atoms with Crippen molar-refractivity contribution in [3.8, 4) is 11.1 Å². The number of benzene rings is 2. The molecule has 0 atom stereocenters. The van der Waals surface area contributed by atoms with Gasteiger partial charge in [0.05, 0.1) is 6.20 Å². The zero-order valence-corrected chi connectivity index (χ0v) is 14.8. The molecule has 0 saturated heterocycles. The summed E-state index contributed by atoms with van der Waals surface area (Å²) >= 11 is 1.45. The van der Waals surface area contributed by atoms with Crippen molar-refractivity contribution in [3.63, 3.8) is 0 Å². The van der Waals surface area contributed by atoms with Crippen molar-refractivity contribution in [2.45, 2.75) is 17.8 Å². The summed E-state index contributed by atoms with van der Waals surface area (Å²) in [5, 5.41) is 4.62. The third-order valence-corrected chi connectivity index (χ3v) is 4.92. The van der Waals surface area contributed by atoms with Crippen molar-refractivity contribution in [2.24, 2.45) is 0 Å². The number of thioether (sulfide) groups is 1. The number of hydrogen-bond acceptors (Lipinski definition) is 4. The summed E-state index contributed by atoms with van der Waals surface area (Å²) in [6.07, 6.45) is 1.57. The van der Waals surface area contributed by atoms with Crippen LogP contribution in [0.25, 0.3) is 16.8 Å². The van der Waals surface area contributed by atoms with Crippen molar-refractivity contribution in [3.05, 3.63) is 82.2 Å². The minimum Gasteiger partial charge on any atom is -0.285 e. The van der Waals surface area contributed by atoms with E-state index in [0.717, 1.165) is 11.1 Å². The zero-order valence-electron chi connectivity index (χ0n) is 13.9. The van der Waals surface area contributed by atoms with Crippen LogP contribution in [0.2, 0.25) is 0 Å². The normalized spacial score (nSPS) is 11.2.